The second kappa shape index (κ2) is 10.6. The third-order valence-corrected chi connectivity index (χ3v) is 16.5. The van der Waals surface area contributed by atoms with Crippen LogP contribution in [0.2, 0.25) is 0 Å². The standard InChI is InChI=1S/C35H34O4P2/c1-2-31(40(27-15-11-23-7-3-19-36-32(23)27)28-16-12-24-8-4-20-37-33(24)28)41(29-17-13-25-9-5-21-38-34(25)29)30-18-14-26-10-6-22-39-35(26)30/h3-10,19-22,31H,2,11-18H2,1H3. The van der Waals surface area contributed by atoms with Crippen molar-refractivity contribution in [3.63, 3.8) is 0 Å². The molecule has 0 aromatic heterocycles. The molecule has 4 nitrogen and oxygen atoms in total. The van der Waals surface area contributed by atoms with Gasteiger partial charge in [0.1, 0.15) is 23.0 Å². The second-order valence-electron chi connectivity index (χ2n) is 11.3. The molecule has 0 aromatic rings. The van der Waals surface area contributed by atoms with E-state index in [4.69, 9.17) is 18.9 Å². The van der Waals surface area contributed by atoms with Crippen LogP contribution < -0.4 is 0 Å². The Morgan fingerprint density at radius 1 is 0.488 bits per heavy atom. The van der Waals surface area contributed by atoms with Crippen LogP contribution in [-0.4, -0.2) is 5.40 Å². The fourth-order valence-electron chi connectivity index (χ4n) is 7.37. The quantitative estimate of drug-likeness (QED) is 0.281. The Balaban J connectivity index is 1.34. The lowest BCUT2D eigenvalue weighted by Gasteiger charge is -2.38. The molecule has 4 aliphatic carbocycles. The predicted molar refractivity (Wildman–Crippen MR) is 166 cm³/mol. The van der Waals surface area contributed by atoms with Gasteiger partial charge in [-0.1, -0.05) is 31.2 Å². The minimum absolute atomic E-state index is 0.445. The molecule has 0 spiro atoms. The van der Waals surface area contributed by atoms with E-state index in [0.29, 0.717) is 5.40 Å². The van der Waals surface area contributed by atoms with Crippen LogP contribution in [0.25, 0.3) is 0 Å². The summed E-state index contributed by atoms with van der Waals surface area (Å²) in [6.45, 7) is 2.41. The van der Waals surface area contributed by atoms with Gasteiger partial charge in [0.05, 0.1) is 25.0 Å². The van der Waals surface area contributed by atoms with E-state index in [1.165, 1.54) is 43.5 Å². The SMILES string of the molecule is CCC(P(C1=C2OC=CC=C2CC1)C1=C2OC=CC=C2CC1)P(C1=C2OC=CC=C2CC1)C1=C2OC=CC=C2CC1. The normalized spacial score (nSPS) is 23.8. The Morgan fingerprint density at radius 3 is 1.05 bits per heavy atom. The van der Waals surface area contributed by atoms with Crippen molar-refractivity contribution in [3.8, 4) is 0 Å². The Bertz CT molecular complexity index is 1350. The first kappa shape index (κ1) is 25.6. The van der Waals surface area contributed by atoms with Crippen LogP contribution in [0.15, 0.2) is 140 Å². The molecule has 6 heteroatoms. The highest BCUT2D eigenvalue weighted by Crippen LogP contribution is 2.79. The van der Waals surface area contributed by atoms with Crippen molar-refractivity contribution in [2.45, 2.75) is 70.1 Å². The van der Waals surface area contributed by atoms with Crippen LogP contribution in [0, 0.1) is 0 Å². The van der Waals surface area contributed by atoms with Crippen molar-refractivity contribution >= 4 is 15.8 Å². The molecule has 41 heavy (non-hydrogen) atoms. The van der Waals surface area contributed by atoms with Crippen molar-refractivity contribution in [1.82, 2.24) is 0 Å². The van der Waals surface area contributed by atoms with E-state index in [-0.39, 0.29) is 0 Å². The van der Waals surface area contributed by atoms with E-state index >= 15 is 0 Å². The summed E-state index contributed by atoms with van der Waals surface area (Å²) in [5.74, 6) is 4.53. The molecule has 0 unspecified atom stereocenters. The molecule has 4 heterocycles. The van der Waals surface area contributed by atoms with Crippen LogP contribution in [0.4, 0.5) is 0 Å². The molecule has 0 amide bonds. The van der Waals surface area contributed by atoms with Gasteiger partial charge in [0, 0.05) is 26.7 Å². The Kier molecular flexibility index (Phi) is 6.66. The van der Waals surface area contributed by atoms with Crippen LogP contribution >= 0.6 is 15.8 Å². The second-order valence-corrected chi connectivity index (χ2v) is 16.6. The average molecular weight is 581 g/mol. The maximum absolute atomic E-state index is 6.34. The summed E-state index contributed by atoms with van der Waals surface area (Å²) in [6.07, 6.45) is 34.2. The molecule has 0 bridgehead atoms. The van der Waals surface area contributed by atoms with Gasteiger partial charge >= 0.3 is 0 Å². The zero-order valence-corrected chi connectivity index (χ0v) is 25.2. The maximum Gasteiger partial charge on any atom is 0.133 e. The lowest BCUT2D eigenvalue weighted by molar-refractivity contribution is 0.357. The third-order valence-electron chi connectivity index (χ3n) is 9.11. The number of hydrogen-bond donors (Lipinski definition) is 0. The Labute approximate surface area is 244 Å². The van der Waals surface area contributed by atoms with E-state index in [1.807, 2.05) is 49.4 Å². The lowest BCUT2D eigenvalue weighted by Crippen LogP contribution is -2.11. The molecule has 0 atom stereocenters. The molecule has 0 fully saturated rings. The summed E-state index contributed by atoms with van der Waals surface area (Å²) in [4.78, 5) is 0. The van der Waals surface area contributed by atoms with Gasteiger partial charge in [-0.05, 0) is 120 Å². The highest BCUT2D eigenvalue weighted by molar-refractivity contribution is 7.83. The number of ether oxygens (including phenoxy) is 4. The molecule has 208 valence electrons. The van der Waals surface area contributed by atoms with E-state index in [0.717, 1.165) is 80.8 Å². The van der Waals surface area contributed by atoms with Gasteiger partial charge in [-0.15, -0.1) is 0 Å². The molecule has 0 radical (unpaired) electrons. The van der Waals surface area contributed by atoms with Crippen molar-refractivity contribution in [2.75, 3.05) is 0 Å². The summed E-state index contributed by atoms with van der Waals surface area (Å²) in [5, 5.41) is 6.52. The third kappa shape index (κ3) is 4.26. The zero-order valence-electron chi connectivity index (χ0n) is 23.4. The van der Waals surface area contributed by atoms with Crippen molar-refractivity contribution in [3.05, 3.63) is 140 Å². The smallest absolute Gasteiger partial charge is 0.133 e. The zero-order chi connectivity index (χ0) is 27.3. The summed E-state index contributed by atoms with van der Waals surface area (Å²) >= 11 is 0. The van der Waals surface area contributed by atoms with Crippen molar-refractivity contribution < 1.29 is 18.9 Å². The highest BCUT2D eigenvalue weighted by Gasteiger charge is 2.46. The summed E-state index contributed by atoms with van der Waals surface area (Å²) in [6, 6.07) is 0. The molecular formula is C35H34O4P2. The summed E-state index contributed by atoms with van der Waals surface area (Å²) in [5.41, 5.74) is 5.39. The van der Waals surface area contributed by atoms with Crippen molar-refractivity contribution in [2.24, 2.45) is 0 Å². The van der Waals surface area contributed by atoms with E-state index in [1.54, 1.807) is 0 Å². The monoisotopic (exact) mass is 580 g/mol. The topological polar surface area (TPSA) is 36.9 Å². The number of rotatable bonds is 7. The fraction of sp³-hybridized carbons (Fsp3) is 0.314. The van der Waals surface area contributed by atoms with Gasteiger partial charge in [-0.25, -0.2) is 0 Å². The molecule has 8 aliphatic rings. The van der Waals surface area contributed by atoms with Gasteiger partial charge in [-0.2, -0.15) is 0 Å². The molecule has 0 saturated heterocycles. The lowest BCUT2D eigenvalue weighted by atomic mass is 10.2. The predicted octanol–water partition coefficient (Wildman–Crippen LogP) is 10.6. The average Bonchev–Trinajstić information content (AvgIpc) is 3.83. The van der Waals surface area contributed by atoms with Gasteiger partial charge in [0.2, 0.25) is 0 Å². The Morgan fingerprint density at radius 2 is 0.780 bits per heavy atom. The van der Waals surface area contributed by atoms with Crippen LogP contribution in [-0.2, 0) is 18.9 Å². The molecule has 8 rings (SSSR count). The van der Waals surface area contributed by atoms with Crippen molar-refractivity contribution in [1.29, 1.82) is 0 Å². The largest absolute Gasteiger partial charge is 0.464 e. The molecule has 0 aromatic carbocycles. The maximum atomic E-state index is 6.34. The van der Waals surface area contributed by atoms with E-state index < -0.39 is 15.8 Å². The van der Waals surface area contributed by atoms with E-state index in [2.05, 4.69) is 31.2 Å². The summed E-state index contributed by atoms with van der Waals surface area (Å²) in [7, 11) is -1.40. The number of allylic oxidation sites excluding steroid dienone is 16. The molecule has 4 aliphatic heterocycles. The Hall–Kier alpha value is -3.06. The first-order valence-corrected chi connectivity index (χ1v) is 17.8. The minimum Gasteiger partial charge on any atom is -0.464 e. The number of hydrogen-bond acceptors (Lipinski definition) is 4. The fourth-order valence-corrected chi connectivity index (χ4v) is 15.9. The first-order valence-electron chi connectivity index (χ1n) is 14.9. The van der Waals surface area contributed by atoms with Crippen LogP contribution in [0.1, 0.15) is 64.7 Å². The molecular weight excluding hydrogens is 546 g/mol. The molecule has 0 saturated carbocycles. The highest BCUT2D eigenvalue weighted by atomic mass is 31.2. The van der Waals surface area contributed by atoms with Gasteiger partial charge in [0.15, 0.2) is 0 Å². The summed E-state index contributed by atoms with van der Waals surface area (Å²) < 4.78 is 25.4. The van der Waals surface area contributed by atoms with Crippen LogP contribution in [0.3, 0.4) is 0 Å². The van der Waals surface area contributed by atoms with Gasteiger partial charge < -0.3 is 18.9 Å². The first-order chi connectivity index (χ1) is 20.3. The minimum atomic E-state index is -0.700. The van der Waals surface area contributed by atoms with Gasteiger partial charge in [-0.3, -0.25) is 0 Å². The van der Waals surface area contributed by atoms with Gasteiger partial charge in [0.25, 0.3) is 0 Å². The molecule has 0 N–H and O–H groups in total. The van der Waals surface area contributed by atoms with Crippen LogP contribution in [0.5, 0.6) is 0 Å². The number of fused-ring (bicyclic) bond motifs is 4. The van der Waals surface area contributed by atoms with E-state index in [9.17, 15) is 0 Å².